The number of hydrogen-bond acceptors (Lipinski definition) is 5. The molecule has 0 amide bonds. The Morgan fingerprint density at radius 1 is 1.40 bits per heavy atom. The minimum Gasteiger partial charge on any atom is -0.458 e. The van der Waals surface area contributed by atoms with E-state index in [2.05, 4.69) is 21.8 Å². The molecule has 5 nitrogen and oxygen atoms in total. The molecule has 0 saturated carbocycles. The van der Waals surface area contributed by atoms with Gasteiger partial charge in [0, 0.05) is 44.9 Å². The third-order valence-corrected chi connectivity index (χ3v) is 3.79. The Hall–Kier alpha value is -1.33. The van der Waals surface area contributed by atoms with Crippen molar-refractivity contribution in [2.75, 3.05) is 38.1 Å². The zero-order valence-electron chi connectivity index (χ0n) is 12.1. The molecule has 0 aromatic carbocycles. The van der Waals surface area contributed by atoms with Crippen LogP contribution in [-0.2, 0) is 9.53 Å². The largest absolute Gasteiger partial charge is 0.458 e. The molecule has 1 atom stereocenters. The van der Waals surface area contributed by atoms with E-state index in [-0.39, 0.29) is 12.1 Å². The molecule has 0 aliphatic carbocycles. The van der Waals surface area contributed by atoms with Crippen LogP contribution in [-0.4, -0.2) is 49.1 Å². The van der Waals surface area contributed by atoms with E-state index in [9.17, 15) is 4.79 Å². The summed E-state index contributed by atoms with van der Waals surface area (Å²) in [6, 6.07) is 1.92. The first kappa shape index (κ1) is 15.1. The van der Waals surface area contributed by atoms with Gasteiger partial charge >= 0.3 is 5.97 Å². The van der Waals surface area contributed by atoms with Gasteiger partial charge in [-0.2, -0.15) is 0 Å². The van der Waals surface area contributed by atoms with Crippen LogP contribution in [0.1, 0.15) is 25.5 Å². The number of anilines is 1. The highest BCUT2D eigenvalue weighted by atomic mass is 35.5. The van der Waals surface area contributed by atoms with Crippen molar-refractivity contribution in [3.8, 4) is 0 Å². The average Bonchev–Trinajstić information content (AvgIpc) is 2.39. The second-order valence-electron chi connectivity index (χ2n) is 5.11. The third kappa shape index (κ3) is 3.61. The molecular weight excluding hydrogens is 278 g/mol. The van der Waals surface area contributed by atoms with E-state index in [1.807, 2.05) is 13.0 Å². The number of hydrogen-bond donors (Lipinski definition) is 0. The van der Waals surface area contributed by atoms with Gasteiger partial charge in [-0.25, -0.2) is 4.98 Å². The molecule has 20 heavy (non-hydrogen) atoms. The van der Waals surface area contributed by atoms with E-state index in [4.69, 9.17) is 16.3 Å². The highest BCUT2D eigenvalue weighted by Crippen LogP contribution is 2.28. The number of carbonyl (C=O) groups excluding carboxylic acids is 1. The first-order valence-electron chi connectivity index (χ1n) is 6.73. The number of halogens is 1. The van der Waals surface area contributed by atoms with Crippen molar-refractivity contribution in [2.45, 2.75) is 20.0 Å². The summed E-state index contributed by atoms with van der Waals surface area (Å²) in [7, 11) is 2.11. The fourth-order valence-corrected chi connectivity index (χ4v) is 2.53. The van der Waals surface area contributed by atoms with Gasteiger partial charge in [-0.3, -0.25) is 4.79 Å². The lowest BCUT2D eigenvalue weighted by Crippen LogP contribution is -2.44. The Morgan fingerprint density at radius 2 is 2.05 bits per heavy atom. The summed E-state index contributed by atoms with van der Waals surface area (Å²) in [5.74, 6) is 0.572. The molecule has 0 bridgehead atoms. The van der Waals surface area contributed by atoms with Gasteiger partial charge in [-0.1, -0.05) is 11.6 Å². The minimum atomic E-state index is -0.366. The van der Waals surface area contributed by atoms with Crippen LogP contribution in [0, 0.1) is 0 Å². The van der Waals surface area contributed by atoms with Gasteiger partial charge in [0.2, 0.25) is 0 Å². The van der Waals surface area contributed by atoms with Crippen LogP contribution in [0.15, 0.2) is 12.3 Å². The van der Waals surface area contributed by atoms with Crippen molar-refractivity contribution in [3.63, 3.8) is 0 Å². The Balaban J connectivity index is 2.17. The van der Waals surface area contributed by atoms with Crippen LogP contribution in [0.4, 0.5) is 5.82 Å². The molecule has 0 N–H and O–H groups in total. The summed E-state index contributed by atoms with van der Waals surface area (Å²) in [4.78, 5) is 20.0. The lowest BCUT2D eigenvalue weighted by Gasteiger charge is -2.33. The summed E-state index contributed by atoms with van der Waals surface area (Å²) in [6.07, 6.45) is 1.26. The molecule has 0 spiro atoms. The summed E-state index contributed by atoms with van der Waals surface area (Å²) in [5, 5.41) is 0.525. The van der Waals surface area contributed by atoms with Crippen LogP contribution < -0.4 is 4.90 Å². The number of pyridine rings is 1. The fraction of sp³-hybridized carbons (Fsp3) is 0.571. The van der Waals surface area contributed by atoms with Gasteiger partial charge in [-0.05, 0) is 20.0 Å². The molecule has 1 fully saturated rings. The second-order valence-corrected chi connectivity index (χ2v) is 5.51. The van der Waals surface area contributed by atoms with Crippen LogP contribution in [0.5, 0.6) is 0 Å². The number of piperazine rings is 1. The maximum atomic E-state index is 11.1. The van der Waals surface area contributed by atoms with Gasteiger partial charge in [-0.15, -0.1) is 0 Å². The van der Waals surface area contributed by atoms with Crippen molar-refractivity contribution in [1.82, 2.24) is 9.88 Å². The molecule has 110 valence electrons. The standard InChI is InChI=1S/C14H20ClN3O2/c1-10(20-11(2)19)12-8-14(16-9-13(12)15)18-6-4-17(3)5-7-18/h8-10H,4-7H2,1-3H3. The van der Waals surface area contributed by atoms with E-state index in [1.54, 1.807) is 6.20 Å². The number of esters is 1. The summed E-state index contributed by atoms with van der Waals surface area (Å²) >= 11 is 6.16. The lowest BCUT2D eigenvalue weighted by atomic mass is 10.1. The third-order valence-electron chi connectivity index (χ3n) is 3.48. The second kappa shape index (κ2) is 6.41. The molecule has 2 heterocycles. The summed E-state index contributed by atoms with van der Waals surface area (Å²) in [5.41, 5.74) is 0.797. The van der Waals surface area contributed by atoms with Crippen molar-refractivity contribution in [2.24, 2.45) is 0 Å². The maximum Gasteiger partial charge on any atom is 0.303 e. The summed E-state index contributed by atoms with van der Waals surface area (Å²) < 4.78 is 5.20. The molecule has 1 saturated heterocycles. The van der Waals surface area contributed by atoms with E-state index in [0.29, 0.717) is 5.02 Å². The zero-order valence-corrected chi connectivity index (χ0v) is 12.9. The Labute approximate surface area is 124 Å². The maximum absolute atomic E-state index is 11.1. The van der Waals surface area contributed by atoms with Crippen LogP contribution in [0.3, 0.4) is 0 Å². The SMILES string of the molecule is CC(=O)OC(C)c1cc(N2CCN(C)CC2)ncc1Cl. The van der Waals surface area contributed by atoms with Crippen molar-refractivity contribution in [1.29, 1.82) is 0 Å². The predicted octanol–water partition coefficient (Wildman–Crippen LogP) is 2.11. The predicted molar refractivity (Wildman–Crippen MR) is 79.1 cm³/mol. The normalized spacial score (nSPS) is 17.9. The quantitative estimate of drug-likeness (QED) is 0.800. The van der Waals surface area contributed by atoms with Crippen molar-refractivity contribution < 1.29 is 9.53 Å². The van der Waals surface area contributed by atoms with Gasteiger partial charge in [0.05, 0.1) is 5.02 Å². The number of carbonyl (C=O) groups is 1. The van der Waals surface area contributed by atoms with Crippen molar-refractivity contribution >= 4 is 23.4 Å². The number of likely N-dealkylation sites (N-methyl/N-ethyl adjacent to an activating group) is 1. The highest BCUT2D eigenvalue weighted by Gasteiger charge is 2.19. The number of nitrogens with zero attached hydrogens (tertiary/aromatic N) is 3. The smallest absolute Gasteiger partial charge is 0.303 e. The van der Waals surface area contributed by atoms with Crippen LogP contribution >= 0.6 is 11.6 Å². The molecule has 1 aromatic rings. The molecular formula is C14H20ClN3O2. The zero-order chi connectivity index (χ0) is 14.7. The van der Waals surface area contributed by atoms with Gasteiger partial charge in [0.25, 0.3) is 0 Å². The molecule has 0 radical (unpaired) electrons. The van der Waals surface area contributed by atoms with E-state index >= 15 is 0 Å². The van der Waals surface area contributed by atoms with Crippen LogP contribution in [0.25, 0.3) is 0 Å². The van der Waals surface area contributed by atoms with Gasteiger partial charge < -0.3 is 14.5 Å². The first-order chi connectivity index (χ1) is 9.47. The van der Waals surface area contributed by atoms with Gasteiger partial charge in [0.15, 0.2) is 0 Å². The van der Waals surface area contributed by atoms with E-state index < -0.39 is 0 Å². The van der Waals surface area contributed by atoms with Crippen molar-refractivity contribution in [3.05, 3.63) is 22.8 Å². The Morgan fingerprint density at radius 3 is 2.65 bits per heavy atom. The topological polar surface area (TPSA) is 45.7 Å². The molecule has 2 rings (SSSR count). The Kier molecular flexibility index (Phi) is 4.83. The lowest BCUT2D eigenvalue weighted by molar-refractivity contribution is -0.145. The van der Waals surface area contributed by atoms with E-state index in [1.165, 1.54) is 6.92 Å². The minimum absolute atomic E-state index is 0.313. The van der Waals surface area contributed by atoms with Gasteiger partial charge in [0.1, 0.15) is 11.9 Å². The number of rotatable bonds is 3. The van der Waals surface area contributed by atoms with E-state index in [0.717, 1.165) is 37.6 Å². The molecule has 1 aliphatic heterocycles. The number of ether oxygens (including phenoxy) is 1. The Bertz CT molecular complexity index is 487. The molecule has 1 unspecified atom stereocenters. The monoisotopic (exact) mass is 297 g/mol. The molecule has 6 heteroatoms. The summed E-state index contributed by atoms with van der Waals surface area (Å²) in [6.45, 7) is 7.11. The van der Waals surface area contributed by atoms with Crippen LogP contribution in [0.2, 0.25) is 5.02 Å². The number of aromatic nitrogens is 1. The highest BCUT2D eigenvalue weighted by molar-refractivity contribution is 6.31. The first-order valence-corrected chi connectivity index (χ1v) is 7.11. The average molecular weight is 298 g/mol. The molecule has 1 aromatic heterocycles. The molecule has 1 aliphatic rings. The fourth-order valence-electron chi connectivity index (χ4n) is 2.28.